The van der Waals surface area contributed by atoms with Crippen LogP contribution in [0.5, 0.6) is 0 Å². The van der Waals surface area contributed by atoms with Gasteiger partial charge in [0, 0.05) is 0 Å². The molecule has 1 saturated heterocycles. The van der Waals surface area contributed by atoms with Gasteiger partial charge in [0.05, 0.1) is 12.6 Å². The lowest BCUT2D eigenvalue weighted by Crippen LogP contribution is -2.56. The van der Waals surface area contributed by atoms with Crippen LogP contribution in [-0.2, 0) is 19.2 Å². The van der Waals surface area contributed by atoms with Gasteiger partial charge in [0.25, 0.3) is 0 Å². The van der Waals surface area contributed by atoms with Gasteiger partial charge in [-0.15, -0.1) is 0 Å². The number of hydrogen-bond donors (Lipinski definition) is 6. The molecular weight excluding hydrogens is 376 g/mol. The number of carboxylic acid groups (broad SMARTS) is 1. The van der Waals surface area contributed by atoms with Gasteiger partial charge < -0.3 is 31.5 Å². The Morgan fingerprint density at radius 2 is 1.85 bits per heavy atom. The van der Waals surface area contributed by atoms with Crippen LogP contribution in [0.3, 0.4) is 0 Å². The van der Waals surface area contributed by atoms with Gasteiger partial charge in [0.2, 0.25) is 17.7 Å². The maximum Gasteiger partial charge on any atom is 0.328 e. The van der Waals surface area contributed by atoms with E-state index >= 15 is 0 Å². The van der Waals surface area contributed by atoms with Crippen molar-refractivity contribution in [2.45, 2.75) is 50.4 Å². The molecule has 3 amide bonds. The number of nitrogens with one attached hydrogen (secondary N) is 4. The Hall–Kier alpha value is -1.85. The summed E-state index contributed by atoms with van der Waals surface area (Å²) in [6.45, 7) is 1.39. The summed E-state index contributed by atoms with van der Waals surface area (Å²) in [7, 11) is 0. The highest BCUT2D eigenvalue weighted by Gasteiger charge is 2.29. The number of carbonyl (C=O) groups excluding carboxylic acids is 3. The average Bonchev–Trinajstić information content (AvgIpc) is 3.16. The minimum absolute atomic E-state index is 0.253. The zero-order valence-electron chi connectivity index (χ0n) is 15.5. The molecule has 6 N–H and O–H groups in total. The molecule has 10 nitrogen and oxygen atoms in total. The Balaban J connectivity index is 2.64. The quantitative estimate of drug-likeness (QED) is 0.232. The van der Waals surface area contributed by atoms with E-state index in [2.05, 4.69) is 21.3 Å². The molecule has 1 aliphatic rings. The van der Waals surface area contributed by atoms with Crippen LogP contribution in [0.4, 0.5) is 0 Å². The number of rotatable bonds is 11. The summed E-state index contributed by atoms with van der Waals surface area (Å²) >= 11 is 1.53. The van der Waals surface area contributed by atoms with Crippen LogP contribution >= 0.6 is 11.8 Å². The molecule has 0 bridgehead atoms. The highest BCUT2D eigenvalue weighted by Crippen LogP contribution is 2.07. The molecule has 1 fully saturated rings. The van der Waals surface area contributed by atoms with Crippen molar-refractivity contribution in [2.75, 3.05) is 25.2 Å². The van der Waals surface area contributed by atoms with E-state index in [0.717, 1.165) is 13.0 Å². The Labute approximate surface area is 162 Å². The molecule has 0 saturated carbocycles. The van der Waals surface area contributed by atoms with Gasteiger partial charge in [-0.2, -0.15) is 11.8 Å². The molecule has 0 aromatic carbocycles. The topological polar surface area (TPSA) is 157 Å². The number of carboxylic acids is 1. The number of carbonyl (C=O) groups is 4. The fourth-order valence-electron chi connectivity index (χ4n) is 2.55. The lowest BCUT2D eigenvalue weighted by molar-refractivity contribution is -0.143. The van der Waals surface area contributed by atoms with Gasteiger partial charge >= 0.3 is 5.97 Å². The first-order valence-corrected chi connectivity index (χ1v) is 10.2. The third-order valence-electron chi connectivity index (χ3n) is 4.17. The summed E-state index contributed by atoms with van der Waals surface area (Å²) in [5.41, 5.74) is 0. The molecular formula is C16H28N4O6S. The van der Waals surface area contributed by atoms with Crippen molar-refractivity contribution >= 4 is 35.5 Å². The smallest absolute Gasteiger partial charge is 0.328 e. The molecule has 11 heteroatoms. The van der Waals surface area contributed by atoms with E-state index in [4.69, 9.17) is 10.2 Å². The third kappa shape index (κ3) is 7.73. The Bertz CT molecular complexity index is 541. The van der Waals surface area contributed by atoms with Crippen LogP contribution in [0.1, 0.15) is 26.2 Å². The molecule has 4 unspecified atom stereocenters. The second-order valence-corrected chi connectivity index (χ2v) is 7.29. The van der Waals surface area contributed by atoms with Crippen molar-refractivity contribution in [3.8, 4) is 0 Å². The molecule has 0 spiro atoms. The van der Waals surface area contributed by atoms with Crippen LogP contribution in [0.2, 0.25) is 0 Å². The third-order valence-corrected chi connectivity index (χ3v) is 4.81. The molecule has 0 radical (unpaired) electrons. The Morgan fingerprint density at radius 3 is 2.37 bits per heavy atom. The Kier molecular flexibility index (Phi) is 10.1. The van der Waals surface area contributed by atoms with Gasteiger partial charge in [-0.25, -0.2) is 4.79 Å². The van der Waals surface area contributed by atoms with E-state index in [-0.39, 0.29) is 11.9 Å². The summed E-state index contributed by atoms with van der Waals surface area (Å²) in [5, 5.41) is 28.2. The van der Waals surface area contributed by atoms with E-state index in [1.807, 2.05) is 6.26 Å². The fraction of sp³-hybridized carbons (Fsp3) is 0.750. The summed E-state index contributed by atoms with van der Waals surface area (Å²) in [6, 6.07) is -3.59. The van der Waals surface area contributed by atoms with Crippen molar-refractivity contribution in [1.29, 1.82) is 0 Å². The monoisotopic (exact) mass is 404 g/mol. The number of aliphatic hydroxyl groups is 1. The molecule has 1 rings (SSSR count). The zero-order valence-corrected chi connectivity index (χ0v) is 16.3. The van der Waals surface area contributed by atoms with E-state index < -0.39 is 42.5 Å². The van der Waals surface area contributed by atoms with E-state index in [0.29, 0.717) is 18.6 Å². The van der Waals surface area contributed by atoms with Gasteiger partial charge in [-0.1, -0.05) is 0 Å². The van der Waals surface area contributed by atoms with Crippen molar-refractivity contribution in [1.82, 2.24) is 21.3 Å². The van der Waals surface area contributed by atoms with Crippen LogP contribution in [0.25, 0.3) is 0 Å². The largest absolute Gasteiger partial charge is 0.480 e. The fourth-order valence-corrected chi connectivity index (χ4v) is 3.02. The van der Waals surface area contributed by atoms with Gasteiger partial charge in [-0.3, -0.25) is 14.4 Å². The second kappa shape index (κ2) is 11.8. The molecule has 1 heterocycles. The number of aliphatic carboxylic acids is 1. The maximum absolute atomic E-state index is 12.5. The molecule has 0 aliphatic carbocycles. The van der Waals surface area contributed by atoms with Crippen molar-refractivity contribution < 1.29 is 29.4 Å². The average molecular weight is 404 g/mol. The molecule has 27 heavy (non-hydrogen) atoms. The van der Waals surface area contributed by atoms with Crippen molar-refractivity contribution in [3.05, 3.63) is 0 Å². The van der Waals surface area contributed by atoms with Crippen LogP contribution in [-0.4, -0.2) is 83.2 Å². The normalized spacial score (nSPS) is 19.6. The highest BCUT2D eigenvalue weighted by atomic mass is 32.2. The minimum atomic E-state index is -1.45. The molecule has 0 aromatic rings. The first kappa shape index (κ1) is 23.2. The second-order valence-electron chi connectivity index (χ2n) is 6.30. The van der Waals surface area contributed by atoms with E-state index in [1.54, 1.807) is 0 Å². The number of amides is 3. The summed E-state index contributed by atoms with van der Waals surface area (Å²) in [4.78, 5) is 47.7. The van der Waals surface area contributed by atoms with E-state index in [1.165, 1.54) is 18.7 Å². The summed E-state index contributed by atoms with van der Waals surface area (Å²) < 4.78 is 0. The summed E-state index contributed by atoms with van der Waals surface area (Å²) in [6.07, 6.45) is 3.88. The number of aliphatic hydroxyl groups excluding tert-OH is 1. The van der Waals surface area contributed by atoms with Gasteiger partial charge in [0.15, 0.2) is 0 Å². The first-order valence-electron chi connectivity index (χ1n) is 8.77. The summed E-state index contributed by atoms with van der Waals surface area (Å²) in [5.74, 6) is -2.25. The van der Waals surface area contributed by atoms with Gasteiger partial charge in [-0.05, 0) is 44.7 Å². The first-order chi connectivity index (χ1) is 12.8. The zero-order chi connectivity index (χ0) is 20.4. The van der Waals surface area contributed by atoms with Crippen molar-refractivity contribution in [2.24, 2.45) is 0 Å². The van der Waals surface area contributed by atoms with Crippen LogP contribution in [0.15, 0.2) is 0 Å². The lowest BCUT2D eigenvalue weighted by atomic mass is 10.1. The standard InChI is InChI=1S/C16H28N4O6S/c1-9(13(22)20-12(8-21)16(25)26)18-15(24)11(5-7-27-2)19-14(23)10-4-3-6-17-10/h9-12,17,21H,3-8H2,1-2H3,(H,18,24)(H,19,23)(H,20,22)(H,25,26). The molecule has 1 aliphatic heterocycles. The van der Waals surface area contributed by atoms with Crippen LogP contribution < -0.4 is 21.3 Å². The van der Waals surface area contributed by atoms with Crippen LogP contribution in [0, 0.1) is 0 Å². The Morgan fingerprint density at radius 1 is 1.15 bits per heavy atom. The van der Waals surface area contributed by atoms with Crippen molar-refractivity contribution in [3.63, 3.8) is 0 Å². The van der Waals surface area contributed by atoms with E-state index in [9.17, 15) is 19.2 Å². The highest BCUT2D eigenvalue weighted by molar-refractivity contribution is 7.98. The minimum Gasteiger partial charge on any atom is -0.480 e. The van der Waals surface area contributed by atoms with Gasteiger partial charge in [0.1, 0.15) is 18.1 Å². The SMILES string of the molecule is CSCCC(NC(=O)C1CCCN1)C(=O)NC(C)C(=O)NC(CO)C(=O)O. The number of thioether (sulfide) groups is 1. The predicted molar refractivity (Wildman–Crippen MR) is 100 cm³/mol. The number of hydrogen-bond acceptors (Lipinski definition) is 7. The maximum atomic E-state index is 12.5. The predicted octanol–water partition coefficient (Wildman–Crippen LogP) is -1.96. The lowest BCUT2D eigenvalue weighted by Gasteiger charge is -2.23. The molecule has 0 aromatic heterocycles. The molecule has 154 valence electrons. The molecule has 4 atom stereocenters.